The van der Waals surface area contributed by atoms with Crippen molar-refractivity contribution in [3.05, 3.63) is 114 Å². The van der Waals surface area contributed by atoms with Gasteiger partial charge in [-0.25, -0.2) is 5.43 Å². The number of nitrogens with one attached hydrogen (secondary N) is 3. The maximum Gasteiger partial charge on any atom is 0.329 e. The molecule has 4 aromatic rings. The van der Waals surface area contributed by atoms with E-state index in [4.69, 9.17) is 9.47 Å². The summed E-state index contributed by atoms with van der Waals surface area (Å²) >= 11 is 0. The molecule has 0 unspecified atom stereocenters. The van der Waals surface area contributed by atoms with E-state index in [9.17, 15) is 14.4 Å². The van der Waals surface area contributed by atoms with Gasteiger partial charge in [-0.2, -0.15) is 5.10 Å². The zero-order valence-corrected chi connectivity index (χ0v) is 21.1. The first-order chi connectivity index (χ1) is 18.9. The first-order valence-corrected chi connectivity index (χ1v) is 12.0. The SMILES string of the molecule is Cc1ccc(NC(=O)COc2ccc(/C=N\NC(=O)C(=O)Nc3ccc(Oc4ccccc4)cc3)cc2)cc1. The van der Waals surface area contributed by atoms with Crippen LogP contribution in [0.2, 0.25) is 0 Å². The number of hydrazone groups is 1. The second kappa shape index (κ2) is 13.2. The molecule has 0 aliphatic heterocycles. The van der Waals surface area contributed by atoms with Crippen LogP contribution >= 0.6 is 0 Å². The van der Waals surface area contributed by atoms with Crippen LogP contribution in [0.15, 0.2) is 108 Å². The van der Waals surface area contributed by atoms with Crippen LogP contribution in [-0.4, -0.2) is 30.5 Å². The Bertz CT molecular complexity index is 1440. The number of carbonyl (C=O) groups is 3. The molecule has 0 radical (unpaired) electrons. The van der Waals surface area contributed by atoms with Gasteiger partial charge in [0.25, 0.3) is 5.91 Å². The predicted molar refractivity (Wildman–Crippen MR) is 149 cm³/mol. The number of ether oxygens (including phenoxy) is 2. The Hall–Kier alpha value is -5.44. The first kappa shape index (κ1) is 26.6. The number of anilines is 2. The van der Waals surface area contributed by atoms with Crippen LogP contribution in [0.5, 0.6) is 17.2 Å². The molecule has 4 aromatic carbocycles. The number of carbonyl (C=O) groups excluding carboxylic acids is 3. The number of hydrogen-bond donors (Lipinski definition) is 3. The minimum atomic E-state index is -0.921. The summed E-state index contributed by atoms with van der Waals surface area (Å²) in [6, 6.07) is 30.1. The molecule has 196 valence electrons. The second-order valence-electron chi connectivity index (χ2n) is 8.36. The van der Waals surface area contributed by atoms with Crippen molar-refractivity contribution >= 4 is 35.3 Å². The predicted octanol–water partition coefficient (Wildman–Crippen LogP) is 4.89. The Labute approximate surface area is 225 Å². The number of rotatable bonds is 9. The average Bonchev–Trinajstić information content (AvgIpc) is 2.95. The van der Waals surface area contributed by atoms with Crippen LogP contribution in [-0.2, 0) is 14.4 Å². The molecule has 0 bridgehead atoms. The molecule has 0 saturated heterocycles. The highest BCUT2D eigenvalue weighted by atomic mass is 16.5. The van der Waals surface area contributed by atoms with Crippen LogP contribution in [0.25, 0.3) is 0 Å². The molecule has 0 heterocycles. The molecule has 0 saturated carbocycles. The van der Waals surface area contributed by atoms with Gasteiger partial charge in [0.05, 0.1) is 6.21 Å². The van der Waals surface area contributed by atoms with E-state index in [2.05, 4.69) is 21.2 Å². The van der Waals surface area contributed by atoms with Crippen molar-refractivity contribution in [3.63, 3.8) is 0 Å². The van der Waals surface area contributed by atoms with E-state index in [1.54, 1.807) is 48.5 Å². The summed E-state index contributed by atoms with van der Waals surface area (Å²) in [6.45, 7) is 1.83. The van der Waals surface area contributed by atoms with Crippen molar-refractivity contribution in [2.75, 3.05) is 17.2 Å². The number of benzene rings is 4. The van der Waals surface area contributed by atoms with Gasteiger partial charge in [-0.1, -0.05) is 35.9 Å². The van der Waals surface area contributed by atoms with E-state index in [-0.39, 0.29) is 12.5 Å². The molecule has 39 heavy (non-hydrogen) atoms. The molecule has 9 nitrogen and oxygen atoms in total. The van der Waals surface area contributed by atoms with Crippen molar-refractivity contribution in [2.45, 2.75) is 6.92 Å². The lowest BCUT2D eigenvalue weighted by Crippen LogP contribution is -2.32. The lowest BCUT2D eigenvalue weighted by atomic mass is 10.2. The van der Waals surface area contributed by atoms with Crippen LogP contribution in [0.3, 0.4) is 0 Å². The van der Waals surface area contributed by atoms with Gasteiger partial charge < -0.3 is 20.1 Å². The molecule has 4 rings (SSSR count). The minimum absolute atomic E-state index is 0.144. The van der Waals surface area contributed by atoms with Gasteiger partial charge in [-0.05, 0) is 85.3 Å². The standard InChI is InChI=1S/C30H26N4O5/c1-21-7-11-23(12-8-21)32-28(35)20-38-25-15-9-22(10-16-25)19-31-34-30(37)29(36)33-24-13-17-27(18-14-24)39-26-5-3-2-4-6-26/h2-19H,20H2,1H3,(H,32,35)(H,33,36)(H,34,37)/b31-19-. The van der Waals surface area contributed by atoms with E-state index in [0.29, 0.717) is 34.2 Å². The van der Waals surface area contributed by atoms with Crippen molar-refractivity contribution < 1.29 is 23.9 Å². The van der Waals surface area contributed by atoms with Gasteiger partial charge in [0.1, 0.15) is 17.2 Å². The monoisotopic (exact) mass is 522 g/mol. The van der Waals surface area contributed by atoms with E-state index in [1.807, 2.05) is 61.5 Å². The summed E-state index contributed by atoms with van der Waals surface area (Å²) in [5.41, 5.74) is 5.07. The highest BCUT2D eigenvalue weighted by Gasteiger charge is 2.13. The lowest BCUT2D eigenvalue weighted by Gasteiger charge is -2.08. The van der Waals surface area contributed by atoms with E-state index < -0.39 is 11.8 Å². The fraction of sp³-hybridized carbons (Fsp3) is 0.0667. The van der Waals surface area contributed by atoms with Gasteiger partial charge in [0.15, 0.2) is 6.61 Å². The molecule has 0 spiro atoms. The van der Waals surface area contributed by atoms with Crippen LogP contribution in [0.1, 0.15) is 11.1 Å². The Kier molecular flexibility index (Phi) is 9.01. The summed E-state index contributed by atoms with van der Waals surface area (Å²) in [5, 5.41) is 9.07. The molecule has 3 amide bonds. The number of amides is 3. The fourth-order valence-electron chi connectivity index (χ4n) is 3.27. The highest BCUT2D eigenvalue weighted by Crippen LogP contribution is 2.22. The Balaban J connectivity index is 1.18. The topological polar surface area (TPSA) is 118 Å². The fourth-order valence-corrected chi connectivity index (χ4v) is 3.27. The summed E-state index contributed by atoms with van der Waals surface area (Å²) in [4.78, 5) is 36.3. The molecular weight excluding hydrogens is 496 g/mol. The minimum Gasteiger partial charge on any atom is -0.484 e. The van der Waals surface area contributed by atoms with E-state index >= 15 is 0 Å². The number of nitrogens with zero attached hydrogens (tertiary/aromatic N) is 1. The second-order valence-corrected chi connectivity index (χ2v) is 8.36. The third-order valence-corrected chi connectivity index (χ3v) is 5.26. The Morgan fingerprint density at radius 1 is 0.692 bits per heavy atom. The third-order valence-electron chi connectivity index (χ3n) is 5.26. The van der Waals surface area contributed by atoms with Crippen LogP contribution in [0, 0.1) is 6.92 Å². The van der Waals surface area contributed by atoms with Crippen LogP contribution < -0.4 is 25.5 Å². The van der Waals surface area contributed by atoms with Crippen molar-refractivity contribution in [1.29, 1.82) is 0 Å². The van der Waals surface area contributed by atoms with Gasteiger partial charge in [-0.15, -0.1) is 0 Å². The van der Waals surface area contributed by atoms with Gasteiger partial charge >= 0.3 is 11.8 Å². The van der Waals surface area contributed by atoms with E-state index in [0.717, 1.165) is 5.56 Å². The Morgan fingerprint density at radius 3 is 1.97 bits per heavy atom. The molecule has 0 fully saturated rings. The smallest absolute Gasteiger partial charge is 0.329 e. The maximum absolute atomic E-state index is 12.2. The first-order valence-electron chi connectivity index (χ1n) is 12.0. The third kappa shape index (κ3) is 8.57. The molecule has 3 N–H and O–H groups in total. The highest BCUT2D eigenvalue weighted by molar-refractivity contribution is 6.39. The lowest BCUT2D eigenvalue weighted by molar-refractivity contribution is -0.136. The molecule has 0 aliphatic carbocycles. The average molecular weight is 523 g/mol. The zero-order chi connectivity index (χ0) is 27.5. The quantitative estimate of drug-likeness (QED) is 0.164. The molecule has 0 aromatic heterocycles. The number of hydrogen-bond acceptors (Lipinski definition) is 6. The molecule has 0 aliphatic rings. The van der Waals surface area contributed by atoms with Crippen molar-refractivity contribution in [3.8, 4) is 17.2 Å². The summed E-state index contributed by atoms with van der Waals surface area (Å²) in [6.07, 6.45) is 1.38. The van der Waals surface area contributed by atoms with Gasteiger partial charge in [0, 0.05) is 11.4 Å². The van der Waals surface area contributed by atoms with E-state index in [1.165, 1.54) is 6.21 Å². The summed E-state index contributed by atoms with van der Waals surface area (Å²) < 4.78 is 11.2. The Morgan fingerprint density at radius 2 is 1.28 bits per heavy atom. The molecular formula is C30H26N4O5. The van der Waals surface area contributed by atoms with Crippen LogP contribution in [0.4, 0.5) is 11.4 Å². The van der Waals surface area contributed by atoms with Gasteiger partial charge in [-0.3, -0.25) is 14.4 Å². The molecule has 0 atom stereocenters. The van der Waals surface area contributed by atoms with Crippen molar-refractivity contribution in [2.24, 2.45) is 5.10 Å². The molecule has 9 heteroatoms. The summed E-state index contributed by atoms with van der Waals surface area (Å²) in [7, 11) is 0. The normalized spacial score (nSPS) is 10.5. The zero-order valence-electron chi connectivity index (χ0n) is 21.1. The largest absolute Gasteiger partial charge is 0.484 e. The van der Waals surface area contributed by atoms with Crippen molar-refractivity contribution in [1.82, 2.24) is 5.43 Å². The number of para-hydroxylation sites is 1. The maximum atomic E-state index is 12.2. The van der Waals surface area contributed by atoms with Gasteiger partial charge in [0.2, 0.25) is 0 Å². The number of aryl methyl sites for hydroxylation is 1. The summed E-state index contributed by atoms with van der Waals surface area (Å²) in [5.74, 6) is -0.283.